The van der Waals surface area contributed by atoms with Gasteiger partial charge in [-0.1, -0.05) is 117 Å². The summed E-state index contributed by atoms with van der Waals surface area (Å²) in [6, 6.07) is 3.11. The largest absolute Gasteiger partial charge is 0.491 e. The number of hydrogen-bond acceptors (Lipinski definition) is 7. The molecule has 0 aliphatic rings. The number of nitrogens with one attached hydrogen (secondary N) is 1. The number of hydrogen-bond donors (Lipinski definition) is 1. The summed E-state index contributed by atoms with van der Waals surface area (Å²) >= 11 is -0.665. The molecule has 8 nitrogen and oxygen atoms in total. The summed E-state index contributed by atoms with van der Waals surface area (Å²) in [5.41, 5.74) is -6.95. The van der Waals surface area contributed by atoms with Crippen LogP contribution in [-0.4, -0.2) is 47.6 Å². The first kappa shape index (κ1) is 46.0. The summed E-state index contributed by atoms with van der Waals surface area (Å²) in [6.07, 6.45) is 11.6. The van der Waals surface area contributed by atoms with Gasteiger partial charge in [-0.2, -0.15) is 36.7 Å². The van der Waals surface area contributed by atoms with E-state index in [1.807, 2.05) is 0 Å². The van der Waals surface area contributed by atoms with Crippen LogP contribution in [0.5, 0.6) is 11.5 Å². The maximum absolute atomic E-state index is 14.2. The van der Waals surface area contributed by atoms with Crippen LogP contribution < -0.4 is 14.8 Å². The highest BCUT2D eigenvalue weighted by atomic mass is 32.2. The Labute approximate surface area is 314 Å². The Bertz CT molecular complexity index is 1360. The number of amides is 1. The minimum absolute atomic E-state index is 0.00180. The molecule has 0 saturated heterocycles. The summed E-state index contributed by atoms with van der Waals surface area (Å²) in [5, 5.41) is 16.4. The molecule has 53 heavy (non-hydrogen) atoms. The molecule has 300 valence electrons. The van der Waals surface area contributed by atoms with E-state index in [9.17, 15) is 36.4 Å². The second-order valence-corrected chi connectivity index (χ2v) is 14.1. The van der Waals surface area contributed by atoms with Crippen LogP contribution in [0.1, 0.15) is 148 Å². The van der Waals surface area contributed by atoms with Gasteiger partial charge in [-0.15, -0.1) is 0 Å². The highest BCUT2D eigenvalue weighted by molar-refractivity contribution is 8.00. The highest BCUT2D eigenvalue weighted by Crippen LogP contribution is 2.47. The Kier molecular flexibility index (Phi) is 21.8. The van der Waals surface area contributed by atoms with Crippen LogP contribution in [0, 0.1) is 11.3 Å². The fraction of sp³-hybridized carbons (Fsp3) is 0.711. The Hall–Kier alpha value is -3.12. The van der Waals surface area contributed by atoms with Crippen LogP contribution in [0.4, 0.5) is 32.2 Å². The molecule has 0 aliphatic carbocycles. The average molecular weight is 779 g/mol. The molecule has 1 heterocycles. The lowest BCUT2D eigenvalue weighted by Crippen LogP contribution is -2.22. The smallest absolute Gasteiger partial charge is 0.446 e. The number of nitrogens with zero attached hydrogens (tertiary/aromatic N) is 3. The van der Waals surface area contributed by atoms with Gasteiger partial charge >= 0.3 is 11.7 Å². The van der Waals surface area contributed by atoms with E-state index < -0.39 is 57.9 Å². The first-order valence-corrected chi connectivity index (χ1v) is 19.8. The number of rotatable bonds is 28. The maximum Gasteiger partial charge on any atom is 0.446 e. The molecule has 0 atom stereocenters. The van der Waals surface area contributed by atoms with Crippen molar-refractivity contribution in [1.82, 2.24) is 9.78 Å². The summed E-state index contributed by atoms with van der Waals surface area (Å²) < 4.78 is 102. The standard InChI is InChI=1S/C38H56F6N4O4S/c1-4-7-10-13-16-19-22-50-28-33(49)46-36-35(53-38(42,43)44)30(27-45)47-48(36)34-31(51-23-20-17-14-11-8-5-2)25-29(37(39,40)41)26-32(34)52-24-21-18-15-12-9-6-3/h25-26H,4-24,28H2,1-3H3,(H,46,49). The highest BCUT2D eigenvalue weighted by Gasteiger charge is 2.38. The van der Waals surface area contributed by atoms with Crippen molar-refractivity contribution in [3.8, 4) is 23.3 Å². The lowest BCUT2D eigenvalue weighted by atomic mass is 10.1. The van der Waals surface area contributed by atoms with E-state index in [0.717, 1.165) is 113 Å². The lowest BCUT2D eigenvalue weighted by molar-refractivity contribution is -0.137. The molecule has 0 bridgehead atoms. The molecule has 15 heteroatoms. The van der Waals surface area contributed by atoms with Crippen molar-refractivity contribution in [1.29, 1.82) is 5.26 Å². The predicted octanol–water partition coefficient (Wildman–Crippen LogP) is 12.2. The zero-order chi connectivity index (χ0) is 39.1. The number of thioether (sulfide) groups is 1. The molecule has 2 aromatic rings. The van der Waals surface area contributed by atoms with Crippen LogP contribution in [0.15, 0.2) is 17.0 Å². The fourth-order valence-corrected chi connectivity index (χ4v) is 6.23. The first-order chi connectivity index (χ1) is 25.4. The van der Waals surface area contributed by atoms with Gasteiger partial charge in [-0.25, -0.2) is 4.68 Å². The van der Waals surface area contributed by atoms with Gasteiger partial charge in [0.05, 0.1) is 23.7 Å². The predicted molar refractivity (Wildman–Crippen MR) is 196 cm³/mol. The second kappa shape index (κ2) is 25.1. The molecule has 0 fully saturated rings. The first-order valence-electron chi connectivity index (χ1n) is 19.0. The zero-order valence-electron chi connectivity index (χ0n) is 31.4. The van der Waals surface area contributed by atoms with Gasteiger partial charge < -0.3 is 19.5 Å². The molecule has 1 aromatic carbocycles. The number of alkyl halides is 6. The molecule has 1 N–H and O–H groups in total. The van der Waals surface area contributed by atoms with E-state index in [4.69, 9.17) is 14.2 Å². The Morgan fingerprint density at radius 3 is 1.64 bits per heavy atom. The molecular weight excluding hydrogens is 722 g/mol. The molecule has 0 aliphatic heterocycles. The number of carbonyl (C=O) groups is 1. The van der Waals surface area contributed by atoms with Crippen molar-refractivity contribution >= 4 is 23.5 Å². The normalized spacial score (nSPS) is 11.8. The summed E-state index contributed by atoms with van der Waals surface area (Å²) in [4.78, 5) is 12.4. The number of unbranched alkanes of at least 4 members (excludes halogenated alkanes) is 15. The van der Waals surface area contributed by atoms with E-state index in [1.165, 1.54) is 0 Å². The van der Waals surface area contributed by atoms with Crippen LogP contribution in [-0.2, 0) is 15.7 Å². The molecule has 0 unspecified atom stereocenters. The number of benzene rings is 1. The topological polar surface area (TPSA) is 98.4 Å². The molecule has 1 aromatic heterocycles. The summed E-state index contributed by atoms with van der Waals surface area (Å²) in [7, 11) is 0. The van der Waals surface area contributed by atoms with E-state index in [-0.39, 0.29) is 37.0 Å². The van der Waals surface area contributed by atoms with Crippen molar-refractivity contribution in [3.63, 3.8) is 0 Å². The molecule has 0 radical (unpaired) electrons. The SMILES string of the molecule is CCCCCCCCOCC(=O)Nc1c(SC(F)(F)F)c(C#N)nn1-c1c(OCCCCCCCC)cc(C(F)(F)F)cc1OCCCCCCCC. The summed E-state index contributed by atoms with van der Waals surface area (Å²) in [5.74, 6) is -2.12. The minimum Gasteiger partial charge on any atom is -0.491 e. The van der Waals surface area contributed by atoms with Gasteiger partial charge in [0.2, 0.25) is 0 Å². The number of aromatic nitrogens is 2. The van der Waals surface area contributed by atoms with Gasteiger partial charge in [0.1, 0.15) is 24.2 Å². The van der Waals surface area contributed by atoms with Gasteiger partial charge in [0.25, 0.3) is 5.91 Å². The molecular formula is C38H56F6N4O4S. The molecule has 0 spiro atoms. The monoisotopic (exact) mass is 778 g/mol. The van der Waals surface area contributed by atoms with E-state index in [0.29, 0.717) is 19.3 Å². The van der Waals surface area contributed by atoms with Crippen molar-refractivity contribution in [2.24, 2.45) is 0 Å². The van der Waals surface area contributed by atoms with Crippen LogP contribution >= 0.6 is 11.8 Å². The Balaban J connectivity index is 2.57. The third kappa shape index (κ3) is 17.7. The molecule has 1 amide bonds. The molecule has 2 rings (SSSR count). The minimum atomic E-state index is -4.90. The second-order valence-electron chi connectivity index (χ2n) is 13.0. The van der Waals surface area contributed by atoms with Crippen LogP contribution in [0.2, 0.25) is 0 Å². The van der Waals surface area contributed by atoms with Crippen LogP contribution in [0.25, 0.3) is 5.69 Å². The lowest BCUT2D eigenvalue weighted by Gasteiger charge is -2.21. The van der Waals surface area contributed by atoms with Crippen molar-refractivity contribution < 1.29 is 45.3 Å². The van der Waals surface area contributed by atoms with E-state index >= 15 is 0 Å². The Morgan fingerprint density at radius 2 is 1.21 bits per heavy atom. The van der Waals surface area contributed by atoms with Crippen molar-refractivity contribution in [3.05, 3.63) is 23.4 Å². The van der Waals surface area contributed by atoms with Gasteiger partial charge in [-0.05, 0) is 43.2 Å². The van der Waals surface area contributed by atoms with Gasteiger partial charge in [0, 0.05) is 6.61 Å². The third-order valence-electron chi connectivity index (χ3n) is 8.39. The molecule has 0 saturated carbocycles. The summed E-state index contributed by atoms with van der Waals surface area (Å²) in [6.45, 7) is 6.01. The van der Waals surface area contributed by atoms with Crippen LogP contribution in [0.3, 0.4) is 0 Å². The number of carbonyl (C=O) groups excluding carboxylic acids is 1. The third-order valence-corrected chi connectivity index (χ3v) is 9.21. The van der Waals surface area contributed by atoms with Crippen molar-refractivity contribution in [2.75, 3.05) is 31.7 Å². The average Bonchev–Trinajstić information content (AvgIpc) is 3.42. The fourth-order valence-electron chi connectivity index (χ4n) is 5.58. The number of nitriles is 1. The maximum atomic E-state index is 14.2. The quantitative estimate of drug-likeness (QED) is 0.0522. The Morgan fingerprint density at radius 1 is 0.755 bits per heavy atom. The van der Waals surface area contributed by atoms with Crippen molar-refractivity contribution in [2.45, 2.75) is 153 Å². The number of anilines is 1. The van der Waals surface area contributed by atoms with E-state index in [2.05, 4.69) is 31.2 Å². The number of ether oxygens (including phenoxy) is 3. The van der Waals surface area contributed by atoms with Gasteiger partial charge in [0.15, 0.2) is 17.2 Å². The van der Waals surface area contributed by atoms with Gasteiger partial charge in [-0.3, -0.25) is 4.79 Å². The van der Waals surface area contributed by atoms with E-state index in [1.54, 1.807) is 6.07 Å². The zero-order valence-corrected chi connectivity index (χ0v) is 32.2. The number of halogens is 6.